The number of hydrogen-bond donors (Lipinski definition) is 2. The smallest absolute Gasteiger partial charge is 0.242 e. The van der Waals surface area contributed by atoms with E-state index in [0.29, 0.717) is 22.7 Å². The summed E-state index contributed by atoms with van der Waals surface area (Å²) < 4.78 is 0. The summed E-state index contributed by atoms with van der Waals surface area (Å²) in [5.41, 5.74) is 7.52. The highest BCUT2D eigenvalue weighted by atomic mass is 16.2. The molecule has 126 valence electrons. The second-order valence-corrected chi connectivity index (χ2v) is 8.52. The molecule has 1 aliphatic heterocycles. The van der Waals surface area contributed by atoms with Crippen LogP contribution in [0.1, 0.15) is 47.0 Å². The van der Waals surface area contributed by atoms with Crippen molar-refractivity contribution in [3.8, 4) is 0 Å². The van der Waals surface area contributed by atoms with Crippen molar-refractivity contribution in [2.75, 3.05) is 16.8 Å². The van der Waals surface area contributed by atoms with Crippen LogP contribution < -0.4 is 16.0 Å². The van der Waals surface area contributed by atoms with Crippen LogP contribution >= 0.6 is 0 Å². The molecule has 5 heteroatoms. The summed E-state index contributed by atoms with van der Waals surface area (Å²) in [6, 6.07) is 3.98. The molecular weight excluding hydrogens is 288 g/mol. The Morgan fingerprint density at radius 1 is 1.39 bits per heavy atom. The van der Waals surface area contributed by atoms with E-state index in [2.05, 4.69) is 42.0 Å². The van der Waals surface area contributed by atoms with Crippen LogP contribution in [0.25, 0.3) is 0 Å². The van der Waals surface area contributed by atoms with Crippen LogP contribution in [-0.4, -0.2) is 29.5 Å². The van der Waals surface area contributed by atoms with E-state index in [9.17, 15) is 4.79 Å². The lowest BCUT2D eigenvalue weighted by Gasteiger charge is -2.39. The van der Waals surface area contributed by atoms with E-state index in [4.69, 9.17) is 5.73 Å². The molecular formula is C18H28N4O. The maximum Gasteiger partial charge on any atom is 0.242 e. The van der Waals surface area contributed by atoms with E-state index in [1.54, 1.807) is 6.92 Å². The molecule has 1 amide bonds. The molecule has 1 aromatic heterocycles. The van der Waals surface area contributed by atoms with Gasteiger partial charge < -0.3 is 16.0 Å². The molecule has 0 spiro atoms. The zero-order chi connectivity index (χ0) is 16.8. The molecule has 2 aliphatic rings. The minimum Gasteiger partial charge on any atom is -0.367 e. The number of fused-ring (bicyclic) bond motifs is 2. The molecule has 1 aromatic rings. The SMILES string of the molecule is CC(N)C(=O)Nc1ccc(N2CC3(C)CC2CC(C)(C)C3)cn1. The number of hydrogen-bond acceptors (Lipinski definition) is 4. The van der Waals surface area contributed by atoms with Crippen LogP contribution in [0.3, 0.4) is 0 Å². The predicted molar refractivity (Wildman–Crippen MR) is 93.4 cm³/mol. The summed E-state index contributed by atoms with van der Waals surface area (Å²) in [4.78, 5) is 18.5. The second kappa shape index (κ2) is 5.48. The van der Waals surface area contributed by atoms with Crippen molar-refractivity contribution in [1.82, 2.24) is 4.98 Å². The van der Waals surface area contributed by atoms with Crippen LogP contribution in [-0.2, 0) is 4.79 Å². The molecule has 1 saturated carbocycles. The minimum atomic E-state index is -0.531. The molecule has 3 N–H and O–H groups in total. The Bertz CT molecular complexity index is 596. The summed E-state index contributed by atoms with van der Waals surface area (Å²) in [6.07, 6.45) is 5.64. The van der Waals surface area contributed by atoms with Crippen molar-refractivity contribution in [3.05, 3.63) is 18.3 Å². The van der Waals surface area contributed by atoms with Crippen molar-refractivity contribution < 1.29 is 4.79 Å². The first kappa shape index (κ1) is 16.2. The van der Waals surface area contributed by atoms with Crippen LogP contribution in [0.4, 0.5) is 11.5 Å². The number of amides is 1. The molecule has 1 aliphatic carbocycles. The Morgan fingerprint density at radius 2 is 2.13 bits per heavy atom. The maximum absolute atomic E-state index is 11.6. The standard InChI is InChI=1S/C18H28N4O/c1-12(19)16(23)21-15-6-5-13(9-20-15)22-11-18(4)8-14(22)7-17(2,3)10-18/h5-6,9,12,14H,7-8,10-11,19H2,1-4H3,(H,20,21,23). The molecule has 3 unspecified atom stereocenters. The Kier molecular flexibility index (Phi) is 3.87. The number of rotatable bonds is 3. The molecule has 5 nitrogen and oxygen atoms in total. The van der Waals surface area contributed by atoms with Gasteiger partial charge in [0.15, 0.2) is 0 Å². The molecule has 2 fully saturated rings. The number of carbonyl (C=O) groups is 1. The number of aromatic nitrogens is 1. The fourth-order valence-corrected chi connectivity index (χ4v) is 4.63. The average Bonchev–Trinajstić information content (AvgIpc) is 2.68. The van der Waals surface area contributed by atoms with E-state index in [0.717, 1.165) is 12.2 Å². The van der Waals surface area contributed by atoms with Crippen LogP contribution in [0, 0.1) is 10.8 Å². The van der Waals surface area contributed by atoms with Gasteiger partial charge in [-0.15, -0.1) is 0 Å². The molecule has 1 saturated heterocycles. The van der Waals surface area contributed by atoms with Crippen molar-refractivity contribution in [3.63, 3.8) is 0 Å². The molecule has 2 bridgehead atoms. The zero-order valence-corrected chi connectivity index (χ0v) is 14.6. The maximum atomic E-state index is 11.6. The van der Waals surface area contributed by atoms with Gasteiger partial charge in [-0.1, -0.05) is 20.8 Å². The minimum absolute atomic E-state index is 0.212. The van der Waals surface area contributed by atoms with Gasteiger partial charge in [-0.2, -0.15) is 0 Å². The third-order valence-corrected chi connectivity index (χ3v) is 5.16. The topological polar surface area (TPSA) is 71.2 Å². The molecule has 2 heterocycles. The van der Waals surface area contributed by atoms with Gasteiger partial charge in [-0.3, -0.25) is 4.79 Å². The van der Waals surface area contributed by atoms with E-state index in [1.165, 1.54) is 19.3 Å². The number of pyridine rings is 1. The largest absolute Gasteiger partial charge is 0.367 e. The Labute approximate surface area is 138 Å². The van der Waals surface area contributed by atoms with Crippen molar-refractivity contribution in [1.29, 1.82) is 0 Å². The fraction of sp³-hybridized carbons (Fsp3) is 0.667. The molecule has 0 radical (unpaired) electrons. The summed E-state index contributed by atoms with van der Waals surface area (Å²) in [5.74, 6) is 0.348. The monoisotopic (exact) mass is 316 g/mol. The summed E-state index contributed by atoms with van der Waals surface area (Å²) >= 11 is 0. The number of nitrogens with zero attached hydrogens (tertiary/aromatic N) is 2. The normalized spacial score (nSPS) is 30.1. The van der Waals surface area contributed by atoms with Crippen LogP contribution in [0.15, 0.2) is 18.3 Å². The first-order valence-electron chi connectivity index (χ1n) is 8.47. The highest BCUT2D eigenvalue weighted by Gasteiger charge is 2.49. The first-order valence-corrected chi connectivity index (χ1v) is 8.47. The van der Waals surface area contributed by atoms with Gasteiger partial charge in [0, 0.05) is 12.6 Å². The van der Waals surface area contributed by atoms with Crippen LogP contribution in [0.5, 0.6) is 0 Å². The van der Waals surface area contributed by atoms with E-state index >= 15 is 0 Å². The molecule has 0 aromatic carbocycles. The lowest BCUT2D eigenvalue weighted by atomic mass is 9.65. The summed E-state index contributed by atoms with van der Waals surface area (Å²) in [5, 5.41) is 2.73. The lowest BCUT2D eigenvalue weighted by molar-refractivity contribution is -0.117. The third-order valence-electron chi connectivity index (χ3n) is 5.16. The van der Waals surface area contributed by atoms with Crippen molar-refractivity contribution >= 4 is 17.4 Å². The fourth-order valence-electron chi connectivity index (χ4n) is 4.63. The van der Waals surface area contributed by atoms with Gasteiger partial charge in [0.05, 0.1) is 17.9 Å². The van der Waals surface area contributed by atoms with Crippen LogP contribution in [0.2, 0.25) is 0 Å². The highest BCUT2D eigenvalue weighted by Crippen LogP contribution is 2.53. The van der Waals surface area contributed by atoms with Gasteiger partial charge in [-0.25, -0.2) is 4.98 Å². The quantitative estimate of drug-likeness (QED) is 0.899. The van der Waals surface area contributed by atoms with Gasteiger partial charge in [0.1, 0.15) is 5.82 Å². The molecule has 3 atom stereocenters. The zero-order valence-electron chi connectivity index (χ0n) is 14.6. The van der Waals surface area contributed by atoms with Gasteiger partial charge in [-0.05, 0) is 49.1 Å². The van der Waals surface area contributed by atoms with Gasteiger partial charge in [0.25, 0.3) is 0 Å². The average molecular weight is 316 g/mol. The van der Waals surface area contributed by atoms with Gasteiger partial charge >= 0.3 is 0 Å². The third kappa shape index (κ3) is 3.34. The summed E-state index contributed by atoms with van der Waals surface area (Å²) in [7, 11) is 0. The predicted octanol–water partition coefficient (Wildman–Crippen LogP) is 2.77. The van der Waals surface area contributed by atoms with Gasteiger partial charge in [0.2, 0.25) is 5.91 Å². The molecule has 3 rings (SSSR count). The second-order valence-electron chi connectivity index (χ2n) is 8.52. The van der Waals surface area contributed by atoms with E-state index in [-0.39, 0.29) is 5.91 Å². The number of anilines is 2. The Hall–Kier alpha value is -1.62. The highest BCUT2D eigenvalue weighted by molar-refractivity contribution is 5.93. The first-order chi connectivity index (χ1) is 10.7. The lowest BCUT2D eigenvalue weighted by Crippen LogP contribution is -2.34. The van der Waals surface area contributed by atoms with Crippen molar-refractivity contribution in [2.24, 2.45) is 16.6 Å². The van der Waals surface area contributed by atoms with E-state index < -0.39 is 6.04 Å². The Balaban J connectivity index is 1.74. The number of nitrogens with two attached hydrogens (primary N) is 1. The van der Waals surface area contributed by atoms with E-state index in [1.807, 2.05) is 12.3 Å². The van der Waals surface area contributed by atoms with Crippen molar-refractivity contribution in [2.45, 2.75) is 59.0 Å². The number of nitrogens with one attached hydrogen (secondary N) is 1. The molecule has 23 heavy (non-hydrogen) atoms. The summed E-state index contributed by atoms with van der Waals surface area (Å²) in [6.45, 7) is 9.92. The Morgan fingerprint density at radius 3 is 2.74 bits per heavy atom. The number of carbonyl (C=O) groups excluding carboxylic acids is 1.